The van der Waals surface area contributed by atoms with Gasteiger partial charge in [-0.2, -0.15) is 0 Å². The zero-order valence-corrected chi connectivity index (χ0v) is 11.4. The molecule has 0 unspecified atom stereocenters. The van der Waals surface area contributed by atoms with Crippen LogP contribution in [0.3, 0.4) is 0 Å². The number of pyridine rings is 1. The molecule has 0 aliphatic heterocycles. The highest BCUT2D eigenvalue weighted by Gasteiger charge is 2.30. The van der Waals surface area contributed by atoms with Gasteiger partial charge in [0.1, 0.15) is 5.52 Å². The first-order chi connectivity index (χ1) is 9.83. The Hall–Kier alpha value is -1.91. The summed E-state index contributed by atoms with van der Waals surface area (Å²) in [5, 5.41) is 3.04. The van der Waals surface area contributed by atoms with E-state index >= 15 is 0 Å². The number of carbonyl (C=O) groups is 1. The number of rotatable bonds is 3. The van der Waals surface area contributed by atoms with E-state index in [1.54, 1.807) is 6.20 Å². The number of fused-ring (bicyclic) bond motifs is 1. The van der Waals surface area contributed by atoms with E-state index in [9.17, 15) is 4.79 Å². The molecule has 0 atom stereocenters. The number of aromatic nitrogens is 3. The number of imidazole rings is 1. The Balaban J connectivity index is 1.80. The van der Waals surface area contributed by atoms with Crippen molar-refractivity contribution < 1.29 is 4.79 Å². The summed E-state index contributed by atoms with van der Waals surface area (Å²) < 4.78 is 2.07. The maximum Gasteiger partial charge on any atom is 0.287 e. The highest BCUT2D eigenvalue weighted by Crippen LogP contribution is 2.33. The summed E-state index contributed by atoms with van der Waals surface area (Å²) in [5.74, 6) is 0.495. The van der Waals surface area contributed by atoms with E-state index in [0.29, 0.717) is 17.9 Å². The van der Waals surface area contributed by atoms with Gasteiger partial charge in [-0.3, -0.25) is 4.79 Å². The molecule has 2 saturated carbocycles. The van der Waals surface area contributed by atoms with E-state index in [4.69, 9.17) is 0 Å². The van der Waals surface area contributed by atoms with E-state index in [0.717, 1.165) is 36.8 Å². The van der Waals surface area contributed by atoms with Crippen molar-refractivity contribution in [1.29, 1.82) is 0 Å². The van der Waals surface area contributed by atoms with Crippen molar-refractivity contribution in [2.45, 2.75) is 50.6 Å². The van der Waals surface area contributed by atoms with Crippen LogP contribution in [0.2, 0.25) is 0 Å². The van der Waals surface area contributed by atoms with Crippen molar-refractivity contribution in [3.8, 4) is 0 Å². The fraction of sp³-hybridized carbons (Fsp3) is 0.533. The van der Waals surface area contributed by atoms with Crippen molar-refractivity contribution >= 4 is 17.1 Å². The van der Waals surface area contributed by atoms with E-state index in [-0.39, 0.29) is 5.91 Å². The number of hydrogen-bond donors (Lipinski definition) is 1. The Labute approximate surface area is 117 Å². The molecule has 0 spiro atoms. The third-order valence-corrected chi connectivity index (χ3v) is 4.25. The molecular weight excluding hydrogens is 252 g/mol. The van der Waals surface area contributed by atoms with Crippen molar-refractivity contribution in [1.82, 2.24) is 19.9 Å². The van der Waals surface area contributed by atoms with E-state index in [2.05, 4.69) is 19.9 Å². The Morgan fingerprint density at radius 2 is 2.05 bits per heavy atom. The van der Waals surface area contributed by atoms with Gasteiger partial charge in [0.2, 0.25) is 5.82 Å². The molecule has 1 amide bonds. The minimum atomic E-state index is -0.0441. The molecule has 5 nitrogen and oxygen atoms in total. The highest BCUT2D eigenvalue weighted by molar-refractivity contribution is 5.94. The molecule has 2 aromatic rings. The standard InChI is InChI=1S/C15H18N4O/c20-15(17-10-7-8-10)14-18-12-6-3-9-16-13(12)19(14)11-4-1-2-5-11/h3,6,9-11H,1-2,4-5,7-8H2,(H,17,20). The molecule has 2 aliphatic carbocycles. The molecule has 2 heterocycles. The second kappa shape index (κ2) is 4.58. The highest BCUT2D eigenvalue weighted by atomic mass is 16.2. The van der Waals surface area contributed by atoms with Crippen molar-refractivity contribution in [2.24, 2.45) is 0 Å². The smallest absolute Gasteiger partial charge is 0.287 e. The zero-order chi connectivity index (χ0) is 13.5. The second-order valence-corrected chi connectivity index (χ2v) is 5.84. The van der Waals surface area contributed by atoms with Gasteiger partial charge in [-0.05, 0) is 37.8 Å². The largest absolute Gasteiger partial charge is 0.347 e. The Morgan fingerprint density at radius 3 is 2.80 bits per heavy atom. The summed E-state index contributed by atoms with van der Waals surface area (Å²) in [5.41, 5.74) is 1.67. The maximum atomic E-state index is 12.4. The van der Waals surface area contributed by atoms with Crippen molar-refractivity contribution in [3.05, 3.63) is 24.2 Å². The summed E-state index contributed by atoms with van der Waals surface area (Å²) in [4.78, 5) is 21.4. The molecule has 5 heteroatoms. The summed E-state index contributed by atoms with van der Waals surface area (Å²) in [6, 6.07) is 4.53. The van der Waals surface area contributed by atoms with Gasteiger partial charge >= 0.3 is 0 Å². The first kappa shape index (κ1) is 11.9. The minimum Gasteiger partial charge on any atom is -0.347 e. The van der Waals surface area contributed by atoms with Gasteiger partial charge < -0.3 is 9.88 Å². The van der Waals surface area contributed by atoms with Crippen LogP contribution in [0.15, 0.2) is 18.3 Å². The fourth-order valence-electron chi connectivity index (χ4n) is 3.08. The first-order valence-corrected chi connectivity index (χ1v) is 7.47. The average molecular weight is 270 g/mol. The fourth-order valence-corrected chi connectivity index (χ4v) is 3.08. The van der Waals surface area contributed by atoms with Crippen LogP contribution in [0.1, 0.15) is 55.2 Å². The Kier molecular flexibility index (Phi) is 2.72. The molecule has 4 rings (SSSR count). The van der Waals surface area contributed by atoms with Crippen LogP contribution in [0, 0.1) is 0 Å². The molecule has 1 N–H and O–H groups in total. The predicted octanol–water partition coefficient (Wildman–Crippen LogP) is 2.44. The van der Waals surface area contributed by atoms with Gasteiger partial charge in [-0.15, -0.1) is 0 Å². The summed E-state index contributed by atoms with van der Waals surface area (Å²) >= 11 is 0. The number of amides is 1. The Morgan fingerprint density at radius 1 is 1.25 bits per heavy atom. The monoisotopic (exact) mass is 270 g/mol. The lowest BCUT2D eigenvalue weighted by Crippen LogP contribution is -2.29. The van der Waals surface area contributed by atoms with Gasteiger partial charge in [0.15, 0.2) is 5.65 Å². The van der Waals surface area contributed by atoms with Crippen molar-refractivity contribution in [2.75, 3.05) is 0 Å². The lowest BCUT2D eigenvalue weighted by Gasteiger charge is -2.15. The molecule has 20 heavy (non-hydrogen) atoms. The number of carbonyl (C=O) groups excluding carboxylic acids is 1. The van der Waals surface area contributed by atoms with Crippen LogP contribution in [-0.2, 0) is 0 Å². The summed E-state index contributed by atoms with van der Waals surface area (Å²) in [7, 11) is 0. The topological polar surface area (TPSA) is 59.8 Å². The van der Waals surface area contributed by atoms with Crippen LogP contribution in [0.25, 0.3) is 11.2 Å². The first-order valence-electron chi connectivity index (χ1n) is 7.47. The normalized spacial score (nSPS) is 19.6. The lowest BCUT2D eigenvalue weighted by molar-refractivity contribution is 0.0934. The van der Waals surface area contributed by atoms with Crippen LogP contribution in [0.5, 0.6) is 0 Å². The SMILES string of the molecule is O=C(NC1CC1)c1nc2cccnc2n1C1CCCC1. The number of nitrogens with one attached hydrogen (secondary N) is 1. The third kappa shape index (κ3) is 1.97. The molecule has 0 bridgehead atoms. The van der Waals surface area contributed by atoms with E-state index in [1.807, 2.05) is 12.1 Å². The van der Waals surface area contributed by atoms with Gasteiger partial charge in [0.25, 0.3) is 5.91 Å². The number of nitrogens with zero attached hydrogens (tertiary/aromatic N) is 3. The lowest BCUT2D eigenvalue weighted by atomic mass is 10.2. The predicted molar refractivity (Wildman–Crippen MR) is 75.5 cm³/mol. The zero-order valence-electron chi connectivity index (χ0n) is 11.4. The maximum absolute atomic E-state index is 12.4. The van der Waals surface area contributed by atoms with E-state index < -0.39 is 0 Å². The molecule has 2 aliphatic rings. The van der Waals surface area contributed by atoms with Gasteiger partial charge in [0.05, 0.1) is 0 Å². The third-order valence-electron chi connectivity index (χ3n) is 4.25. The van der Waals surface area contributed by atoms with Crippen LogP contribution >= 0.6 is 0 Å². The van der Waals surface area contributed by atoms with E-state index in [1.165, 1.54) is 12.8 Å². The molecule has 104 valence electrons. The van der Waals surface area contributed by atoms with Gasteiger partial charge in [0, 0.05) is 18.3 Å². The molecular formula is C15H18N4O. The molecule has 2 aromatic heterocycles. The number of hydrogen-bond acceptors (Lipinski definition) is 3. The molecule has 0 saturated heterocycles. The molecule has 0 radical (unpaired) electrons. The second-order valence-electron chi connectivity index (χ2n) is 5.84. The van der Waals surface area contributed by atoms with Gasteiger partial charge in [-0.25, -0.2) is 9.97 Å². The minimum absolute atomic E-state index is 0.0441. The van der Waals surface area contributed by atoms with Gasteiger partial charge in [-0.1, -0.05) is 12.8 Å². The molecule has 2 fully saturated rings. The van der Waals surface area contributed by atoms with Crippen LogP contribution < -0.4 is 5.32 Å². The van der Waals surface area contributed by atoms with Crippen LogP contribution in [-0.4, -0.2) is 26.5 Å². The van der Waals surface area contributed by atoms with Crippen molar-refractivity contribution in [3.63, 3.8) is 0 Å². The Bertz CT molecular complexity index is 653. The van der Waals surface area contributed by atoms with Crippen LogP contribution in [0.4, 0.5) is 0 Å². The molecule has 0 aromatic carbocycles. The summed E-state index contributed by atoms with van der Waals surface area (Å²) in [6.45, 7) is 0. The summed E-state index contributed by atoms with van der Waals surface area (Å²) in [6.07, 6.45) is 8.64. The average Bonchev–Trinajstić information content (AvgIpc) is 2.99. The quantitative estimate of drug-likeness (QED) is 0.932.